The normalized spacial score (nSPS) is 13.6. The van der Waals surface area contributed by atoms with Crippen LogP contribution >= 0.6 is 0 Å². The Labute approximate surface area is 194 Å². The van der Waals surface area contributed by atoms with Crippen molar-refractivity contribution in [1.82, 2.24) is 0 Å². The first kappa shape index (κ1) is 26.5. The molecule has 0 unspecified atom stereocenters. The van der Waals surface area contributed by atoms with Crippen molar-refractivity contribution in [2.24, 2.45) is 0 Å². The Morgan fingerprint density at radius 3 is 1.88 bits per heavy atom. The number of aliphatic carboxylic acids is 1. The van der Waals surface area contributed by atoms with Crippen LogP contribution in [0, 0.1) is 13.8 Å². The van der Waals surface area contributed by atoms with Crippen LogP contribution in [0.25, 0.3) is 0 Å². The van der Waals surface area contributed by atoms with Crippen LogP contribution in [-0.2, 0) is 9.59 Å². The molecule has 11 heteroatoms. The van der Waals surface area contributed by atoms with Gasteiger partial charge < -0.3 is 25.3 Å². The maximum Gasteiger partial charge on any atom is 0.490 e. The van der Waals surface area contributed by atoms with Crippen molar-refractivity contribution < 1.29 is 37.8 Å². The highest BCUT2D eigenvalue weighted by Gasteiger charge is 2.38. The number of anilines is 3. The number of benzene rings is 2. The number of amides is 1. The predicted octanol–water partition coefficient (Wildman–Crippen LogP) is 3.92. The number of aromatic carboxylic acids is 1. The van der Waals surface area contributed by atoms with Crippen molar-refractivity contribution in [2.45, 2.75) is 26.9 Å². The number of hydrogen-bond acceptors (Lipinski definition) is 5. The smallest absolute Gasteiger partial charge is 0.478 e. The molecule has 3 N–H and O–H groups in total. The van der Waals surface area contributed by atoms with Gasteiger partial charge in [-0.2, -0.15) is 13.2 Å². The lowest BCUT2D eigenvalue weighted by Crippen LogP contribution is -2.47. The first-order valence-corrected chi connectivity index (χ1v) is 10.3. The highest BCUT2D eigenvalue weighted by molar-refractivity contribution is 5.97. The largest absolute Gasteiger partial charge is 0.490 e. The van der Waals surface area contributed by atoms with Gasteiger partial charge in [0, 0.05) is 44.5 Å². The standard InChI is InChI=1S/C21H25N3O3.C2HF3O2/c1-14-4-5-15(2)20(12-14)24-10-8-23(9-11-24)19-7-6-17(22-16(3)25)13-18(19)21(26)27;3-2(4,5)1(6)7/h4-7,12-13H,8-11H2,1-3H3,(H,22,25)(H,26,27);(H,6,7). The quantitative estimate of drug-likeness (QED) is 0.607. The maximum absolute atomic E-state index is 11.7. The minimum atomic E-state index is -5.08. The fourth-order valence-corrected chi connectivity index (χ4v) is 3.51. The summed E-state index contributed by atoms with van der Waals surface area (Å²) in [5, 5.41) is 19.4. The van der Waals surface area contributed by atoms with Crippen LogP contribution in [0.15, 0.2) is 36.4 Å². The molecule has 0 aliphatic carbocycles. The fraction of sp³-hybridized carbons (Fsp3) is 0.348. The number of halogens is 3. The summed E-state index contributed by atoms with van der Waals surface area (Å²) in [5.41, 5.74) is 5.13. The van der Waals surface area contributed by atoms with Gasteiger partial charge in [-0.15, -0.1) is 0 Å². The van der Waals surface area contributed by atoms with E-state index in [1.165, 1.54) is 29.8 Å². The number of carboxylic acids is 2. The molecular formula is C23H26F3N3O5. The summed E-state index contributed by atoms with van der Waals surface area (Å²) in [6.45, 7) is 8.76. The van der Waals surface area contributed by atoms with E-state index in [1.54, 1.807) is 12.1 Å². The highest BCUT2D eigenvalue weighted by atomic mass is 19.4. The second-order valence-corrected chi connectivity index (χ2v) is 7.79. The zero-order valence-corrected chi connectivity index (χ0v) is 18.9. The maximum atomic E-state index is 11.7. The van der Waals surface area contributed by atoms with E-state index in [-0.39, 0.29) is 11.5 Å². The van der Waals surface area contributed by atoms with Crippen LogP contribution < -0.4 is 15.1 Å². The second kappa shape index (κ2) is 10.9. The molecule has 2 aromatic rings. The fourth-order valence-electron chi connectivity index (χ4n) is 3.51. The lowest BCUT2D eigenvalue weighted by Gasteiger charge is -2.38. The molecule has 34 heavy (non-hydrogen) atoms. The topological polar surface area (TPSA) is 110 Å². The van der Waals surface area contributed by atoms with Gasteiger partial charge in [0.15, 0.2) is 0 Å². The van der Waals surface area contributed by atoms with E-state index in [1.807, 2.05) is 0 Å². The number of hydrogen-bond donors (Lipinski definition) is 3. The first-order valence-electron chi connectivity index (χ1n) is 10.3. The van der Waals surface area contributed by atoms with Crippen molar-refractivity contribution >= 4 is 34.9 Å². The number of carboxylic acid groups (broad SMARTS) is 2. The third-order valence-corrected chi connectivity index (χ3v) is 5.12. The van der Waals surface area contributed by atoms with Gasteiger partial charge in [-0.3, -0.25) is 4.79 Å². The lowest BCUT2D eigenvalue weighted by atomic mass is 10.1. The van der Waals surface area contributed by atoms with Gasteiger partial charge in [0.05, 0.1) is 11.3 Å². The number of rotatable bonds is 4. The van der Waals surface area contributed by atoms with Gasteiger partial charge in [-0.1, -0.05) is 12.1 Å². The van der Waals surface area contributed by atoms with Crippen LogP contribution in [-0.4, -0.2) is 60.4 Å². The number of nitrogens with zero attached hydrogens (tertiary/aromatic N) is 2. The Balaban J connectivity index is 0.000000509. The van der Waals surface area contributed by atoms with Crippen LogP contribution in [0.5, 0.6) is 0 Å². The number of aryl methyl sites for hydroxylation is 2. The van der Waals surface area contributed by atoms with Crippen molar-refractivity contribution in [3.63, 3.8) is 0 Å². The van der Waals surface area contributed by atoms with E-state index in [0.717, 1.165) is 26.2 Å². The van der Waals surface area contributed by atoms with Gasteiger partial charge in [-0.25, -0.2) is 9.59 Å². The monoisotopic (exact) mass is 481 g/mol. The first-order chi connectivity index (χ1) is 15.8. The Kier molecular flexibility index (Phi) is 8.50. The molecule has 8 nitrogen and oxygen atoms in total. The van der Waals surface area contributed by atoms with Gasteiger partial charge in [0.1, 0.15) is 0 Å². The summed E-state index contributed by atoms with van der Waals surface area (Å²) in [4.78, 5) is 36.3. The Hall–Kier alpha value is -3.76. The van der Waals surface area contributed by atoms with E-state index in [9.17, 15) is 27.9 Å². The molecule has 0 spiro atoms. The van der Waals surface area contributed by atoms with E-state index in [0.29, 0.717) is 11.4 Å². The van der Waals surface area contributed by atoms with Gasteiger partial charge in [-0.05, 0) is 49.2 Å². The summed E-state index contributed by atoms with van der Waals surface area (Å²) in [6.07, 6.45) is -5.08. The Bertz CT molecular complexity index is 1060. The van der Waals surface area contributed by atoms with Crippen molar-refractivity contribution in [3.8, 4) is 0 Å². The minimum Gasteiger partial charge on any atom is -0.478 e. The Morgan fingerprint density at radius 2 is 1.41 bits per heavy atom. The van der Waals surface area contributed by atoms with E-state index >= 15 is 0 Å². The summed E-state index contributed by atoms with van der Waals surface area (Å²) in [6, 6.07) is 11.5. The summed E-state index contributed by atoms with van der Waals surface area (Å²) in [7, 11) is 0. The van der Waals surface area contributed by atoms with Gasteiger partial charge in [0.2, 0.25) is 5.91 Å². The second-order valence-electron chi connectivity index (χ2n) is 7.79. The number of carbonyl (C=O) groups is 3. The van der Waals surface area contributed by atoms with Crippen LogP contribution in [0.3, 0.4) is 0 Å². The van der Waals surface area contributed by atoms with Gasteiger partial charge >= 0.3 is 18.1 Å². The molecule has 3 rings (SSSR count). The molecule has 0 aromatic heterocycles. The third-order valence-electron chi connectivity index (χ3n) is 5.12. The minimum absolute atomic E-state index is 0.210. The SMILES string of the molecule is CC(=O)Nc1ccc(N2CCN(c3cc(C)ccc3C)CC2)c(C(=O)O)c1.O=C(O)C(F)(F)F. The Morgan fingerprint density at radius 1 is 0.882 bits per heavy atom. The molecule has 0 saturated carbocycles. The molecule has 0 bridgehead atoms. The number of nitrogens with one attached hydrogen (secondary N) is 1. The molecule has 1 aliphatic rings. The molecule has 2 aromatic carbocycles. The van der Waals surface area contributed by atoms with Crippen molar-refractivity contribution in [2.75, 3.05) is 41.3 Å². The van der Waals surface area contributed by atoms with Crippen LogP contribution in [0.2, 0.25) is 0 Å². The summed E-state index contributed by atoms with van der Waals surface area (Å²) >= 11 is 0. The van der Waals surface area contributed by atoms with Crippen molar-refractivity contribution in [3.05, 3.63) is 53.1 Å². The molecule has 0 atom stereocenters. The van der Waals surface area contributed by atoms with Crippen LogP contribution in [0.1, 0.15) is 28.4 Å². The van der Waals surface area contributed by atoms with E-state index < -0.39 is 18.1 Å². The highest BCUT2D eigenvalue weighted by Crippen LogP contribution is 2.28. The van der Waals surface area contributed by atoms with E-state index in [4.69, 9.17) is 9.90 Å². The molecule has 1 heterocycles. The molecular weight excluding hydrogens is 455 g/mol. The third kappa shape index (κ3) is 7.12. The zero-order chi connectivity index (χ0) is 25.6. The van der Waals surface area contributed by atoms with Gasteiger partial charge in [0.25, 0.3) is 0 Å². The molecule has 1 saturated heterocycles. The average Bonchev–Trinajstić information content (AvgIpc) is 2.75. The molecule has 0 radical (unpaired) electrons. The number of alkyl halides is 3. The summed E-state index contributed by atoms with van der Waals surface area (Å²) < 4.78 is 31.7. The van der Waals surface area contributed by atoms with Crippen molar-refractivity contribution in [1.29, 1.82) is 0 Å². The molecule has 184 valence electrons. The molecule has 1 aliphatic heterocycles. The number of carbonyl (C=O) groups excluding carboxylic acids is 1. The predicted molar refractivity (Wildman–Crippen MR) is 122 cm³/mol. The van der Waals surface area contributed by atoms with Crippen LogP contribution in [0.4, 0.5) is 30.2 Å². The average molecular weight is 481 g/mol. The molecule has 1 amide bonds. The zero-order valence-electron chi connectivity index (χ0n) is 18.9. The lowest BCUT2D eigenvalue weighted by molar-refractivity contribution is -0.192. The van der Waals surface area contributed by atoms with E-state index in [2.05, 4.69) is 47.2 Å². The summed E-state index contributed by atoms with van der Waals surface area (Å²) in [5.74, 6) is -3.97. The molecule has 1 fully saturated rings. The number of piperazine rings is 1.